The predicted molar refractivity (Wildman–Crippen MR) is 101 cm³/mol. The zero-order valence-electron chi connectivity index (χ0n) is 15.0. The van der Waals surface area contributed by atoms with E-state index in [0.29, 0.717) is 34.5 Å². The molecule has 1 aliphatic carbocycles. The molecule has 0 unspecified atom stereocenters. The number of aliphatic carboxylic acids is 1. The van der Waals surface area contributed by atoms with Crippen LogP contribution in [0.15, 0.2) is 36.9 Å². The molecule has 1 aliphatic rings. The molecule has 0 aromatic carbocycles. The number of pyridine rings is 1. The molecule has 0 radical (unpaired) electrons. The Kier molecular flexibility index (Phi) is 3.85. The van der Waals surface area contributed by atoms with E-state index in [1.54, 1.807) is 12.4 Å². The Morgan fingerprint density at radius 2 is 2.11 bits per heavy atom. The summed E-state index contributed by atoms with van der Waals surface area (Å²) in [4.78, 5) is 27.9. The Balaban J connectivity index is 1.64. The molecule has 0 amide bonds. The largest absolute Gasteiger partial charge is 0.481 e. The maximum absolute atomic E-state index is 13.7. The number of H-pyrrole nitrogens is 1. The molecule has 2 atom stereocenters. The van der Waals surface area contributed by atoms with Gasteiger partial charge >= 0.3 is 5.97 Å². The predicted octanol–water partition coefficient (Wildman–Crippen LogP) is 3.93. The number of nitrogens with zero attached hydrogens (tertiary/aromatic N) is 4. The van der Waals surface area contributed by atoms with E-state index >= 15 is 0 Å². The van der Waals surface area contributed by atoms with Crippen LogP contribution in [-0.2, 0) is 4.79 Å². The topological polar surface area (TPSA) is 96.7 Å². The fraction of sp³-hybridized carbons (Fsp3) is 0.300. The van der Waals surface area contributed by atoms with Crippen molar-refractivity contribution in [3.63, 3.8) is 0 Å². The first-order chi connectivity index (χ1) is 13.6. The van der Waals surface area contributed by atoms with Gasteiger partial charge in [-0.2, -0.15) is 0 Å². The Labute approximate surface area is 159 Å². The van der Waals surface area contributed by atoms with Gasteiger partial charge in [0.05, 0.1) is 12.1 Å². The number of carboxylic acid groups (broad SMARTS) is 1. The number of hydrogen-bond donors (Lipinski definition) is 2. The average Bonchev–Trinajstić information content (AvgIpc) is 3.31. The van der Waals surface area contributed by atoms with Crippen LogP contribution in [-0.4, -0.2) is 35.6 Å². The number of aromatic amines is 1. The van der Waals surface area contributed by atoms with Crippen molar-refractivity contribution in [1.82, 2.24) is 24.5 Å². The summed E-state index contributed by atoms with van der Waals surface area (Å²) in [5, 5.41) is 11.1. The normalized spacial score (nSPS) is 20.0. The summed E-state index contributed by atoms with van der Waals surface area (Å²) in [6, 6.07) is 3.18. The van der Waals surface area contributed by atoms with Gasteiger partial charge in [0.1, 0.15) is 17.1 Å². The summed E-state index contributed by atoms with van der Waals surface area (Å²) in [7, 11) is 0. The minimum Gasteiger partial charge on any atom is -0.481 e. The van der Waals surface area contributed by atoms with Crippen molar-refractivity contribution in [2.24, 2.45) is 5.92 Å². The maximum atomic E-state index is 13.7. The summed E-state index contributed by atoms with van der Waals surface area (Å²) >= 11 is 0. The van der Waals surface area contributed by atoms with E-state index < -0.39 is 17.7 Å². The van der Waals surface area contributed by atoms with Gasteiger partial charge in [0, 0.05) is 41.0 Å². The van der Waals surface area contributed by atoms with E-state index in [1.807, 2.05) is 16.8 Å². The molecule has 0 aliphatic heterocycles. The van der Waals surface area contributed by atoms with Gasteiger partial charge in [0.2, 0.25) is 0 Å². The van der Waals surface area contributed by atoms with Crippen molar-refractivity contribution in [2.75, 3.05) is 0 Å². The highest BCUT2D eigenvalue weighted by molar-refractivity contribution is 5.92. The molecule has 4 aromatic heterocycles. The first-order valence-corrected chi connectivity index (χ1v) is 9.31. The monoisotopic (exact) mass is 379 g/mol. The number of carbonyl (C=O) groups is 1. The van der Waals surface area contributed by atoms with Gasteiger partial charge < -0.3 is 14.7 Å². The van der Waals surface area contributed by atoms with Crippen LogP contribution < -0.4 is 0 Å². The Hall–Kier alpha value is -3.29. The summed E-state index contributed by atoms with van der Waals surface area (Å²) in [5.74, 6) is -1.16. The highest BCUT2D eigenvalue weighted by Crippen LogP contribution is 2.36. The minimum absolute atomic E-state index is 0.131. The number of halogens is 1. The highest BCUT2D eigenvalue weighted by Gasteiger charge is 2.32. The van der Waals surface area contributed by atoms with E-state index in [4.69, 9.17) is 4.98 Å². The number of rotatable bonds is 3. The molecule has 1 fully saturated rings. The van der Waals surface area contributed by atoms with Crippen molar-refractivity contribution < 1.29 is 14.3 Å². The van der Waals surface area contributed by atoms with Crippen molar-refractivity contribution in [2.45, 2.75) is 31.7 Å². The second-order valence-corrected chi connectivity index (χ2v) is 7.24. The Morgan fingerprint density at radius 3 is 2.96 bits per heavy atom. The van der Waals surface area contributed by atoms with Crippen LogP contribution in [0.2, 0.25) is 0 Å². The van der Waals surface area contributed by atoms with Gasteiger partial charge in [-0.05, 0) is 25.0 Å². The van der Waals surface area contributed by atoms with Crippen molar-refractivity contribution in [3.8, 4) is 11.4 Å². The van der Waals surface area contributed by atoms with E-state index in [-0.39, 0.29) is 6.04 Å². The van der Waals surface area contributed by atoms with Gasteiger partial charge in [-0.25, -0.2) is 19.3 Å². The van der Waals surface area contributed by atoms with Gasteiger partial charge in [0.15, 0.2) is 5.82 Å². The lowest BCUT2D eigenvalue weighted by Crippen LogP contribution is -2.29. The number of hydrogen-bond acceptors (Lipinski definition) is 4. The second kappa shape index (κ2) is 6.40. The van der Waals surface area contributed by atoms with Crippen molar-refractivity contribution in [3.05, 3.63) is 42.7 Å². The van der Waals surface area contributed by atoms with Crippen LogP contribution in [0.5, 0.6) is 0 Å². The zero-order chi connectivity index (χ0) is 19.3. The van der Waals surface area contributed by atoms with Crippen LogP contribution in [0.25, 0.3) is 33.5 Å². The molecular weight excluding hydrogens is 361 g/mol. The molecule has 5 rings (SSSR count). The maximum Gasteiger partial charge on any atom is 0.308 e. The average molecular weight is 379 g/mol. The number of carboxylic acids is 1. The smallest absolute Gasteiger partial charge is 0.308 e. The zero-order valence-corrected chi connectivity index (χ0v) is 15.0. The molecule has 0 saturated heterocycles. The van der Waals surface area contributed by atoms with Crippen LogP contribution in [0.3, 0.4) is 0 Å². The lowest BCUT2D eigenvalue weighted by Gasteiger charge is -2.30. The Morgan fingerprint density at radius 1 is 1.25 bits per heavy atom. The van der Waals surface area contributed by atoms with Crippen LogP contribution in [0.1, 0.15) is 31.7 Å². The molecule has 4 aromatic rings. The van der Waals surface area contributed by atoms with Crippen molar-refractivity contribution in [1.29, 1.82) is 0 Å². The molecule has 1 saturated carbocycles. The van der Waals surface area contributed by atoms with E-state index in [2.05, 4.69) is 15.0 Å². The fourth-order valence-corrected chi connectivity index (χ4v) is 4.23. The van der Waals surface area contributed by atoms with Gasteiger partial charge in [0.25, 0.3) is 0 Å². The number of aromatic nitrogens is 5. The SMILES string of the molecule is O=C(O)[C@H]1CCCC[C@@H]1n1ccc2cnc(-c3c[nH]c4ncc(F)cc34)nc21. The highest BCUT2D eigenvalue weighted by atomic mass is 19.1. The third-order valence-corrected chi connectivity index (χ3v) is 5.60. The molecule has 142 valence electrons. The standard InChI is InChI=1S/C20H18FN5O2/c21-12-7-14-15(10-24-17(14)23-9-12)18-22-8-11-5-6-26(19(11)25-18)16-4-2-1-3-13(16)20(27)28/h5-10,13,16H,1-4H2,(H,23,24)(H,27,28)/t13-,16-/m0/s1. The molecule has 28 heavy (non-hydrogen) atoms. The lowest BCUT2D eigenvalue weighted by molar-refractivity contribution is -0.144. The molecular formula is C20H18FN5O2. The molecule has 2 N–H and O–H groups in total. The molecule has 7 nitrogen and oxygen atoms in total. The van der Waals surface area contributed by atoms with Crippen LogP contribution in [0, 0.1) is 11.7 Å². The second-order valence-electron chi connectivity index (χ2n) is 7.24. The molecule has 0 bridgehead atoms. The summed E-state index contributed by atoms with van der Waals surface area (Å²) < 4.78 is 15.6. The molecule has 0 spiro atoms. The summed E-state index contributed by atoms with van der Waals surface area (Å²) in [6.45, 7) is 0. The van der Waals surface area contributed by atoms with Gasteiger partial charge in [-0.1, -0.05) is 12.8 Å². The van der Waals surface area contributed by atoms with Crippen molar-refractivity contribution >= 4 is 28.0 Å². The summed E-state index contributed by atoms with van der Waals surface area (Å²) in [5.41, 5.74) is 1.92. The van der Waals surface area contributed by atoms with E-state index in [1.165, 1.54) is 6.07 Å². The fourth-order valence-electron chi connectivity index (χ4n) is 4.23. The van der Waals surface area contributed by atoms with E-state index in [0.717, 1.165) is 30.8 Å². The molecule has 8 heteroatoms. The van der Waals surface area contributed by atoms with Crippen LogP contribution in [0.4, 0.5) is 4.39 Å². The summed E-state index contributed by atoms with van der Waals surface area (Å²) in [6.07, 6.45) is 9.90. The first kappa shape index (κ1) is 16.9. The quantitative estimate of drug-likeness (QED) is 0.562. The van der Waals surface area contributed by atoms with Crippen LogP contribution >= 0.6 is 0 Å². The third kappa shape index (κ3) is 2.64. The number of fused-ring (bicyclic) bond motifs is 2. The third-order valence-electron chi connectivity index (χ3n) is 5.60. The molecule has 4 heterocycles. The lowest BCUT2D eigenvalue weighted by atomic mass is 9.84. The Bertz CT molecular complexity index is 1200. The first-order valence-electron chi connectivity index (χ1n) is 9.31. The van der Waals surface area contributed by atoms with Gasteiger partial charge in [-0.15, -0.1) is 0 Å². The minimum atomic E-state index is -0.765. The van der Waals surface area contributed by atoms with Gasteiger partial charge in [-0.3, -0.25) is 4.79 Å². The van der Waals surface area contributed by atoms with E-state index in [9.17, 15) is 14.3 Å². The number of nitrogens with one attached hydrogen (secondary N) is 1.